The van der Waals surface area contributed by atoms with Crippen LogP contribution < -0.4 is 5.56 Å². The summed E-state index contributed by atoms with van der Waals surface area (Å²) in [5.41, 5.74) is 2.13. The quantitative estimate of drug-likeness (QED) is 0.753. The lowest BCUT2D eigenvalue weighted by molar-refractivity contribution is 0.0697. The van der Waals surface area contributed by atoms with Crippen LogP contribution in [0.1, 0.15) is 21.6 Å². The van der Waals surface area contributed by atoms with E-state index in [0.717, 1.165) is 10.0 Å². The maximum Gasteiger partial charge on any atom is 0.335 e. The van der Waals surface area contributed by atoms with Gasteiger partial charge in [0, 0.05) is 10.9 Å². The van der Waals surface area contributed by atoms with Crippen LogP contribution in [-0.2, 0) is 6.42 Å². The lowest BCUT2D eigenvalue weighted by Crippen LogP contribution is -2.16. The Morgan fingerprint density at radius 1 is 1.23 bits per heavy atom. The van der Waals surface area contributed by atoms with Crippen molar-refractivity contribution < 1.29 is 9.90 Å². The Hall–Kier alpha value is -2.47. The van der Waals surface area contributed by atoms with E-state index in [1.54, 1.807) is 6.07 Å². The number of rotatable bonds is 3. The van der Waals surface area contributed by atoms with Gasteiger partial charge in [-0.1, -0.05) is 34.1 Å². The van der Waals surface area contributed by atoms with E-state index in [0.29, 0.717) is 23.1 Å². The number of hydrogen-bond acceptors (Lipinski definition) is 3. The zero-order chi connectivity index (χ0) is 15.7. The fraction of sp³-hybridized carbons (Fsp3) is 0.0625. The minimum Gasteiger partial charge on any atom is -0.478 e. The number of nitrogens with one attached hydrogen (secondary N) is 1. The van der Waals surface area contributed by atoms with Gasteiger partial charge < -0.3 is 10.1 Å². The maximum atomic E-state index is 12.1. The van der Waals surface area contributed by atoms with Crippen molar-refractivity contribution in [2.75, 3.05) is 0 Å². The summed E-state index contributed by atoms with van der Waals surface area (Å²) in [6.45, 7) is 0. The predicted molar refractivity (Wildman–Crippen MR) is 86.3 cm³/mol. The van der Waals surface area contributed by atoms with Gasteiger partial charge in [-0.25, -0.2) is 9.78 Å². The summed E-state index contributed by atoms with van der Waals surface area (Å²) < 4.78 is 0.899. The van der Waals surface area contributed by atoms with Crippen LogP contribution in [0.25, 0.3) is 11.0 Å². The normalized spacial score (nSPS) is 10.8. The van der Waals surface area contributed by atoms with Crippen LogP contribution in [0.4, 0.5) is 0 Å². The Morgan fingerprint density at radius 3 is 2.73 bits per heavy atom. The summed E-state index contributed by atoms with van der Waals surface area (Å²) in [5.74, 6) is -1.03. The van der Waals surface area contributed by atoms with E-state index in [9.17, 15) is 9.59 Å². The number of halogens is 1. The smallest absolute Gasteiger partial charge is 0.335 e. The van der Waals surface area contributed by atoms with Gasteiger partial charge in [0.25, 0.3) is 5.56 Å². The molecule has 0 spiro atoms. The van der Waals surface area contributed by atoms with E-state index in [4.69, 9.17) is 5.11 Å². The van der Waals surface area contributed by atoms with Gasteiger partial charge >= 0.3 is 5.97 Å². The molecule has 2 N–H and O–H groups in total. The molecule has 0 bridgehead atoms. The van der Waals surface area contributed by atoms with Crippen LogP contribution in [0.5, 0.6) is 0 Å². The Morgan fingerprint density at radius 2 is 2.00 bits per heavy atom. The summed E-state index contributed by atoms with van der Waals surface area (Å²) in [6, 6.07) is 12.0. The number of carboxylic acids is 1. The molecule has 0 aliphatic rings. The summed E-state index contributed by atoms with van der Waals surface area (Å²) >= 11 is 3.44. The summed E-state index contributed by atoms with van der Waals surface area (Å²) in [7, 11) is 0. The molecule has 0 aliphatic carbocycles. The minimum absolute atomic E-state index is 0.138. The number of carbonyl (C=O) groups is 1. The average Bonchev–Trinajstić information content (AvgIpc) is 2.49. The SMILES string of the molecule is O=C(O)c1ccc2[nH]c(=O)c(Cc3ccccc3Br)nc2c1. The van der Waals surface area contributed by atoms with Gasteiger partial charge in [0.05, 0.1) is 16.6 Å². The van der Waals surface area contributed by atoms with Crippen LogP contribution in [0.2, 0.25) is 0 Å². The maximum absolute atomic E-state index is 12.1. The Balaban J connectivity index is 2.09. The number of benzene rings is 2. The van der Waals surface area contributed by atoms with E-state index in [-0.39, 0.29) is 11.1 Å². The molecule has 1 aromatic heterocycles. The first-order valence-electron chi connectivity index (χ1n) is 6.54. The summed E-state index contributed by atoms with van der Waals surface area (Å²) in [6.07, 6.45) is 0.365. The van der Waals surface area contributed by atoms with Crippen LogP contribution in [0, 0.1) is 0 Å². The summed E-state index contributed by atoms with van der Waals surface area (Å²) in [5, 5.41) is 9.03. The highest BCUT2D eigenvalue weighted by Crippen LogP contribution is 2.18. The highest BCUT2D eigenvalue weighted by Gasteiger charge is 2.10. The zero-order valence-corrected chi connectivity index (χ0v) is 12.9. The van der Waals surface area contributed by atoms with E-state index < -0.39 is 5.97 Å². The summed E-state index contributed by atoms with van der Waals surface area (Å²) in [4.78, 5) is 30.2. The standard InChI is InChI=1S/C16H11BrN2O3/c17-11-4-2-1-3-9(11)7-14-15(20)19-12-6-5-10(16(21)22)8-13(12)18-14/h1-6,8H,7H2,(H,19,20)(H,21,22). The van der Waals surface area contributed by atoms with E-state index in [1.165, 1.54) is 12.1 Å². The molecule has 0 fully saturated rings. The molecule has 0 amide bonds. The van der Waals surface area contributed by atoms with Gasteiger partial charge in [-0.2, -0.15) is 0 Å². The molecule has 5 nitrogen and oxygen atoms in total. The molecule has 0 atom stereocenters. The van der Waals surface area contributed by atoms with Crippen LogP contribution in [0.3, 0.4) is 0 Å². The van der Waals surface area contributed by atoms with E-state index in [1.807, 2.05) is 24.3 Å². The van der Waals surface area contributed by atoms with Gasteiger partial charge in [-0.3, -0.25) is 4.79 Å². The second-order valence-corrected chi connectivity index (χ2v) is 5.67. The van der Waals surface area contributed by atoms with Crippen molar-refractivity contribution in [3.8, 4) is 0 Å². The Bertz CT molecular complexity index is 934. The Labute approximate surface area is 133 Å². The van der Waals surface area contributed by atoms with Crippen LogP contribution in [0.15, 0.2) is 51.7 Å². The highest BCUT2D eigenvalue weighted by molar-refractivity contribution is 9.10. The van der Waals surface area contributed by atoms with Crippen molar-refractivity contribution in [3.05, 3.63) is 74.1 Å². The minimum atomic E-state index is -1.03. The lowest BCUT2D eigenvalue weighted by Gasteiger charge is -2.05. The zero-order valence-electron chi connectivity index (χ0n) is 11.3. The van der Waals surface area contributed by atoms with Gasteiger partial charge in [0.2, 0.25) is 0 Å². The first-order valence-corrected chi connectivity index (χ1v) is 7.33. The average molecular weight is 359 g/mol. The number of aromatic carboxylic acids is 1. The molecular weight excluding hydrogens is 348 g/mol. The third kappa shape index (κ3) is 2.78. The molecule has 3 aromatic rings. The van der Waals surface area contributed by atoms with Crippen molar-refractivity contribution in [1.29, 1.82) is 0 Å². The molecule has 1 heterocycles. The van der Waals surface area contributed by atoms with Crippen LogP contribution in [-0.4, -0.2) is 21.0 Å². The van der Waals surface area contributed by atoms with Crippen molar-refractivity contribution in [2.24, 2.45) is 0 Å². The van der Waals surface area contributed by atoms with Gasteiger partial charge in [-0.05, 0) is 29.8 Å². The molecule has 22 heavy (non-hydrogen) atoms. The molecule has 0 unspecified atom stereocenters. The number of nitrogens with zero attached hydrogens (tertiary/aromatic N) is 1. The fourth-order valence-corrected chi connectivity index (χ4v) is 2.62. The van der Waals surface area contributed by atoms with E-state index >= 15 is 0 Å². The first kappa shape index (κ1) is 14.5. The molecule has 0 saturated heterocycles. The molecule has 3 rings (SSSR count). The highest BCUT2D eigenvalue weighted by atomic mass is 79.9. The third-order valence-corrected chi connectivity index (χ3v) is 4.10. The lowest BCUT2D eigenvalue weighted by atomic mass is 10.1. The van der Waals surface area contributed by atoms with E-state index in [2.05, 4.69) is 25.9 Å². The van der Waals surface area contributed by atoms with Gasteiger partial charge in [0.15, 0.2) is 0 Å². The second kappa shape index (κ2) is 5.73. The van der Waals surface area contributed by atoms with Gasteiger partial charge in [0.1, 0.15) is 5.69 Å². The second-order valence-electron chi connectivity index (χ2n) is 4.82. The monoisotopic (exact) mass is 358 g/mol. The Kier molecular flexibility index (Phi) is 3.77. The van der Waals surface area contributed by atoms with Gasteiger partial charge in [-0.15, -0.1) is 0 Å². The fourth-order valence-electron chi connectivity index (χ4n) is 2.20. The molecule has 6 heteroatoms. The largest absolute Gasteiger partial charge is 0.478 e. The number of aromatic amines is 1. The first-order chi connectivity index (χ1) is 10.5. The molecule has 0 aliphatic heterocycles. The molecular formula is C16H11BrN2O3. The molecule has 2 aromatic carbocycles. The van der Waals surface area contributed by atoms with Crippen molar-refractivity contribution >= 4 is 32.9 Å². The number of H-pyrrole nitrogens is 1. The van der Waals surface area contributed by atoms with Crippen molar-refractivity contribution in [2.45, 2.75) is 6.42 Å². The number of aromatic nitrogens is 2. The molecule has 0 radical (unpaired) electrons. The molecule has 0 saturated carbocycles. The topological polar surface area (TPSA) is 83.0 Å². The van der Waals surface area contributed by atoms with Crippen LogP contribution >= 0.6 is 15.9 Å². The number of fused-ring (bicyclic) bond motifs is 1. The third-order valence-electron chi connectivity index (χ3n) is 3.33. The number of carboxylic acid groups (broad SMARTS) is 1. The predicted octanol–water partition coefficient (Wildman–Crippen LogP) is 2.97. The van der Waals surface area contributed by atoms with Crippen molar-refractivity contribution in [1.82, 2.24) is 9.97 Å². The molecule has 110 valence electrons. The van der Waals surface area contributed by atoms with Crippen molar-refractivity contribution in [3.63, 3.8) is 0 Å². The number of hydrogen-bond donors (Lipinski definition) is 2.